The van der Waals surface area contributed by atoms with Gasteiger partial charge in [-0.1, -0.05) is 12.1 Å². The first-order valence-electron chi connectivity index (χ1n) is 11.5. The molecule has 5 rings (SSSR count). The van der Waals surface area contributed by atoms with E-state index in [1.54, 1.807) is 30.0 Å². The van der Waals surface area contributed by atoms with Crippen molar-refractivity contribution in [2.75, 3.05) is 27.4 Å². The van der Waals surface area contributed by atoms with Gasteiger partial charge in [0.1, 0.15) is 24.4 Å². The van der Waals surface area contributed by atoms with E-state index in [2.05, 4.69) is 18.1 Å². The van der Waals surface area contributed by atoms with Gasteiger partial charge in [0.05, 0.1) is 26.5 Å². The summed E-state index contributed by atoms with van der Waals surface area (Å²) in [6, 6.07) is 13.8. The average Bonchev–Trinajstić information content (AvgIpc) is 3.13. The van der Waals surface area contributed by atoms with Crippen LogP contribution in [0.3, 0.4) is 0 Å². The van der Waals surface area contributed by atoms with Crippen LogP contribution in [0.15, 0.2) is 48.7 Å². The van der Waals surface area contributed by atoms with Crippen molar-refractivity contribution < 1.29 is 19.0 Å². The fourth-order valence-electron chi connectivity index (χ4n) is 4.49. The minimum Gasteiger partial charge on any atom is -0.494 e. The van der Waals surface area contributed by atoms with Crippen molar-refractivity contribution in [1.82, 2.24) is 19.7 Å². The Bertz CT molecular complexity index is 1410. The summed E-state index contributed by atoms with van der Waals surface area (Å²) in [6.07, 6.45) is 1.70. The Morgan fingerprint density at radius 2 is 1.91 bits per heavy atom. The second kappa shape index (κ2) is 9.29. The van der Waals surface area contributed by atoms with Crippen LogP contribution in [-0.2, 0) is 17.9 Å². The van der Waals surface area contributed by atoms with Crippen molar-refractivity contribution in [3.05, 3.63) is 65.5 Å². The Balaban J connectivity index is 1.54. The first kappa shape index (κ1) is 22.7. The number of aromatic nitrogens is 3. The molecule has 0 fully saturated rings. The van der Waals surface area contributed by atoms with Gasteiger partial charge in [-0.25, -0.2) is 4.98 Å². The molecule has 35 heavy (non-hydrogen) atoms. The highest BCUT2D eigenvalue weighted by atomic mass is 16.5. The van der Waals surface area contributed by atoms with Crippen LogP contribution in [0, 0.1) is 13.8 Å². The first-order valence-corrected chi connectivity index (χ1v) is 11.5. The van der Waals surface area contributed by atoms with Gasteiger partial charge in [0.15, 0.2) is 11.5 Å². The summed E-state index contributed by atoms with van der Waals surface area (Å²) in [5.74, 6) is 2.00. The molecule has 0 saturated carbocycles. The maximum atomic E-state index is 13.1. The zero-order valence-electron chi connectivity index (χ0n) is 20.4. The standard InChI is InChI=1S/C27H28N4O4/c1-17-12-22(29-26-21(17)6-5-7-23(26)33-3)19-13-20-15-30(10-11-35-27(20)24(14-19)34-4)25(32)16-31-18(2)8-9-28-31/h5-9,12-14H,10-11,15-16H2,1-4H3. The summed E-state index contributed by atoms with van der Waals surface area (Å²) < 4.78 is 19.0. The van der Waals surface area contributed by atoms with Gasteiger partial charge in [-0.3, -0.25) is 9.48 Å². The van der Waals surface area contributed by atoms with E-state index in [4.69, 9.17) is 19.2 Å². The van der Waals surface area contributed by atoms with E-state index in [0.717, 1.165) is 44.7 Å². The van der Waals surface area contributed by atoms with Crippen molar-refractivity contribution in [2.24, 2.45) is 0 Å². The molecule has 3 heterocycles. The van der Waals surface area contributed by atoms with Gasteiger partial charge in [0, 0.05) is 34.9 Å². The average molecular weight is 473 g/mol. The van der Waals surface area contributed by atoms with E-state index in [9.17, 15) is 4.79 Å². The number of hydrogen-bond donors (Lipinski definition) is 0. The summed E-state index contributed by atoms with van der Waals surface area (Å²) in [5, 5.41) is 5.29. The molecular weight excluding hydrogens is 444 g/mol. The molecule has 8 nitrogen and oxygen atoms in total. The van der Waals surface area contributed by atoms with Gasteiger partial charge >= 0.3 is 0 Å². The van der Waals surface area contributed by atoms with Gasteiger partial charge in [-0.15, -0.1) is 0 Å². The highest BCUT2D eigenvalue weighted by Gasteiger charge is 2.24. The monoisotopic (exact) mass is 472 g/mol. The quantitative estimate of drug-likeness (QED) is 0.434. The molecule has 0 N–H and O–H groups in total. The van der Waals surface area contributed by atoms with Crippen molar-refractivity contribution >= 4 is 16.8 Å². The largest absolute Gasteiger partial charge is 0.494 e. The third-order valence-electron chi connectivity index (χ3n) is 6.41. The Morgan fingerprint density at radius 3 is 2.66 bits per heavy atom. The summed E-state index contributed by atoms with van der Waals surface area (Å²) in [5.41, 5.74) is 5.41. The van der Waals surface area contributed by atoms with E-state index in [-0.39, 0.29) is 12.5 Å². The summed E-state index contributed by atoms with van der Waals surface area (Å²) in [7, 11) is 3.27. The van der Waals surface area contributed by atoms with E-state index >= 15 is 0 Å². The molecule has 1 amide bonds. The molecule has 180 valence electrons. The van der Waals surface area contributed by atoms with Crippen LogP contribution in [0.1, 0.15) is 16.8 Å². The summed E-state index contributed by atoms with van der Waals surface area (Å²) >= 11 is 0. The number of methoxy groups -OCH3 is 2. The first-order chi connectivity index (χ1) is 17.0. The second-order valence-electron chi connectivity index (χ2n) is 8.64. The van der Waals surface area contributed by atoms with E-state index in [1.807, 2.05) is 43.3 Å². The molecule has 2 aromatic heterocycles. The maximum absolute atomic E-state index is 13.1. The molecule has 1 aliphatic rings. The zero-order valence-corrected chi connectivity index (χ0v) is 20.4. The number of ether oxygens (including phenoxy) is 3. The molecule has 0 unspecified atom stereocenters. The van der Waals surface area contributed by atoms with Crippen LogP contribution >= 0.6 is 0 Å². The Labute approximate surface area is 204 Å². The van der Waals surface area contributed by atoms with Crippen molar-refractivity contribution in [2.45, 2.75) is 26.9 Å². The predicted molar refractivity (Wildman–Crippen MR) is 133 cm³/mol. The lowest BCUT2D eigenvalue weighted by Gasteiger charge is -2.20. The molecule has 8 heteroatoms. The molecule has 0 atom stereocenters. The number of carbonyl (C=O) groups excluding carboxylic acids is 1. The number of pyridine rings is 1. The van der Waals surface area contributed by atoms with Crippen LogP contribution in [0.4, 0.5) is 0 Å². The van der Waals surface area contributed by atoms with Crippen molar-refractivity contribution in [3.63, 3.8) is 0 Å². The van der Waals surface area contributed by atoms with Crippen LogP contribution in [0.25, 0.3) is 22.2 Å². The molecule has 2 aromatic carbocycles. The van der Waals surface area contributed by atoms with Crippen LogP contribution in [0.5, 0.6) is 17.2 Å². The number of fused-ring (bicyclic) bond motifs is 2. The van der Waals surface area contributed by atoms with Crippen molar-refractivity contribution in [1.29, 1.82) is 0 Å². The lowest BCUT2D eigenvalue weighted by atomic mass is 10.0. The normalized spacial score (nSPS) is 13.2. The molecule has 0 saturated heterocycles. The van der Waals surface area contributed by atoms with Gasteiger partial charge in [0.25, 0.3) is 0 Å². The van der Waals surface area contributed by atoms with E-state index in [1.165, 1.54) is 0 Å². The zero-order chi connectivity index (χ0) is 24.5. The summed E-state index contributed by atoms with van der Waals surface area (Å²) in [6.45, 7) is 5.47. The van der Waals surface area contributed by atoms with Gasteiger partial charge < -0.3 is 19.1 Å². The van der Waals surface area contributed by atoms with Gasteiger partial charge in [-0.2, -0.15) is 5.10 Å². The smallest absolute Gasteiger partial charge is 0.244 e. The van der Waals surface area contributed by atoms with E-state index in [0.29, 0.717) is 31.2 Å². The Morgan fingerprint density at radius 1 is 1.09 bits per heavy atom. The van der Waals surface area contributed by atoms with Crippen LogP contribution in [-0.4, -0.2) is 52.9 Å². The number of para-hydroxylation sites is 1. The highest BCUT2D eigenvalue weighted by molar-refractivity contribution is 5.89. The fraction of sp³-hybridized carbons (Fsp3) is 0.296. The summed E-state index contributed by atoms with van der Waals surface area (Å²) in [4.78, 5) is 19.8. The topological polar surface area (TPSA) is 78.7 Å². The Hall–Kier alpha value is -4.07. The number of aryl methyl sites for hydroxylation is 2. The molecule has 4 aromatic rings. The fourth-order valence-corrected chi connectivity index (χ4v) is 4.49. The van der Waals surface area contributed by atoms with Crippen LogP contribution < -0.4 is 14.2 Å². The minimum atomic E-state index is -0.0120. The lowest BCUT2D eigenvalue weighted by Crippen LogP contribution is -2.35. The maximum Gasteiger partial charge on any atom is 0.244 e. The molecule has 0 aliphatic carbocycles. The molecule has 0 radical (unpaired) electrons. The van der Waals surface area contributed by atoms with Crippen molar-refractivity contribution in [3.8, 4) is 28.5 Å². The number of benzene rings is 2. The molecule has 0 bridgehead atoms. The molecule has 1 aliphatic heterocycles. The van der Waals surface area contributed by atoms with E-state index < -0.39 is 0 Å². The third kappa shape index (κ3) is 4.27. The number of hydrogen-bond acceptors (Lipinski definition) is 6. The highest BCUT2D eigenvalue weighted by Crippen LogP contribution is 2.39. The molecular formula is C27H28N4O4. The van der Waals surface area contributed by atoms with Gasteiger partial charge in [-0.05, 0) is 49.7 Å². The third-order valence-corrected chi connectivity index (χ3v) is 6.41. The molecule has 0 spiro atoms. The SMILES string of the molecule is COc1cc(-c2cc(C)c3cccc(OC)c3n2)cc2c1OCCN(C(=O)Cn1nccc1C)C2. The second-order valence-corrected chi connectivity index (χ2v) is 8.64. The minimum absolute atomic E-state index is 0.0120. The van der Waals surface area contributed by atoms with Crippen LogP contribution in [0.2, 0.25) is 0 Å². The number of amides is 1. The number of rotatable bonds is 5. The number of nitrogens with zero attached hydrogens (tertiary/aromatic N) is 4. The van der Waals surface area contributed by atoms with Gasteiger partial charge in [0.2, 0.25) is 5.91 Å². The predicted octanol–water partition coefficient (Wildman–Crippen LogP) is 4.15. The lowest BCUT2D eigenvalue weighted by molar-refractivity contribution is -0.132. The number of carbonyl (C=O) groups is 1. The Kier molecular flexibility index (Phi) is 6.03.